The van der Waals surface area contributed by atoms with Gasteiger partial charge in [0.25, 0.3) is 0 Å². The van der Waals surface area contributed by atoms with Crippen LogP contribution in [0.5, 0.6) is 5.88 Å². The molecule has 1 aromatic rings. The van der Waals surface area contributed by atoms with E-state index in [1.54, 1.807) is 6.26 Å². The molecule has 0 unspecified atom stereocenters. The van der Waals surface area contributed by atoms with Gasteiger partial charge in [0.15, 0.2) is 5.16 Å². The maximum absolute atomic E-state index is 12.7. The molecule has 0 bridgehead atoms. The van der Waals surface area contributed by atoms with Crippen molar-refractivity contribution in [2.24, 2.45) is 0 Å². The van der Waals surface area contributed by atoms with E-state index in [9.17, 15) is 18.3 Å². The Hall–Kier alpha value is -1.02. The van der Waals surface area contributed by atoms with E-state index in [-0.39, 0.29) is 5.16 Å². The summed E-state index contributed by atoms with van der Waals surface area (Å²) in [4.78, 5) is 7.30. The van der Waals surface area contributed by atoms with Gasteiger partial charge in [-0.1, -0.05) is 11.8 Å². The van der Waals surface area contributed by atoms with Crippen LogP contribution in [-0.2, 0) is 6.18 Å². The predicted molar refractivity (Wildman–Crippen MR) is 58.5 cm³/mol. The largest absolute Gasteiger partial charge is 0.471 e. The molecule has 8 heteroatoms. The van der Waals surface area contributed by atoms with Crippen LogP contribution in [0.1, 0.15) is 18.4 Å². The Morgan fingerprint density at radius 1 is 1.44 bits per heavy atom. The maximum atomic E-state index is 12.7. The van der Waals surface area contributed by atoms with Crippen molar-refractivity contribution in [3.63, 3.8) is 0 Å². The molecule has 100 valence electrons. The molecule has 0 amide bonds. The first-order valence-electron chi connectivity index (χ1n) is 5.24. The smallest absolute Gasteiger partial charge is 0.423 e. The van der Waals surface area contributed by atoms with Gasteiger partial charge in [-0.25, -0.2) is 4.98 Å². The first-order chi connectivity index (χ1) is 8.41. The number of alkyl halides is 3. The van der Waals surface area contributed by atoms with Crippen LogP contribution < -0.4 is 4.74 Å². The summed E-state index contributed by atoms with van der Waals surface area (Å²) in [7, 11) is 0. The Balaban J connectivity index is 2.29. The van der Waals surface area contributed by atoms with E-state index >= 15 is 0 Å². The number of hydrogen-bond acceptors (Lipinski definition) is 5. The number of ether oxygens (including phenoxy) is 1. The molecule has 1 aliphatic carbocycles. The highest BCUT2D eigenvalue weighted by Gasteiger charge is 2.39. The van der Waals surface area contributed by atoms with E-state index < -0.39 is 29.8 Å². The van der Waals surface area contributed by atoms with Gasteiger partial charge in [-0.3, -0.25) is 0 Å². The summed E-state index contributed by atoms with van der Waals surface area (Å²) in [5, 5.41) is 9.54. The molecule has 1 fully saturated rings. The molecule has 0 radical (unpaired) electrons. The van der Waals surface area contributed by atoms with E-state index in [1.807, 2.05) is 0 Å². The third-order valence-corrected chi connectivity index (χ3v) is 3.22. The average Bonchev–Trinajstić information content (AvgIpc) is 2.32. The van der Waals surface area contributed by atoms with Crippen molar-refractivity contribution in [2.45, 2.75) is 36.4 Å². The number of halogens is 3. The minimum absolute atomic E-state index is 0.201. The lowest BCUT2D eigenvalue weighted by molar-refractivity contribution is -0.141. The van der Waals surface area contributed by atoms with Crippen molar-refractivity contribution in [3.05, 3.63) is 11.8 Å². The van der Waals surface area contributed by atoms with Gasteiger partial charge in [0.1, 0.15) is 11.7 Å². The molecular weight excluding hydrogens is 269 g/mol. The summed E-state index contributed by atoms with van der Waals surface area (Å²) in [5.74, 6) is -0.509. The SMILES string of the molecule is CSc1ncc(C(F)(F)F)c(O[C@H]2CC[C@H]2O)n1. The summed E-state index contributed by atoms with van der Waals surface area (Å²) in [6.07, 6.45) is -2.48. The third-order valence-electron chi connectivity index (χ3n) is 2.66. The molecule has 1 heterocycles. The van der Waals surface area contributed by atoms with E-state index in [2.05, 4.69) is 9.97 Å². The highest BCUT2D eigenvalue weighted by molar-refractivity contribution is 7.98. The summed E-state index contributed by atoms with van der Waals surface area (Å²) in [6.45, 7) is 0. The number of rotatable bonds is 3. The second-order valence-electron chi connectivity index (χ2n) is 3.87. The third kappa shape index (κ3) is 2.69. The van der Waals surface area contributed by atoms with Crippen molar-refractivity contribution in [1.29, 1.82) is 0 Å². The Morgan fingerprint density at radius 2 is 2.17 bits per heavy atom. The van der Waals surface area contributed by atoms with Gasteiger partial charge in [-0.2, -0.15) is 18.2 Å². The molecule has 1 aliphatic rings. The summed E-state index contributed by atoms with van der Waals surface area (Å²) >= 11 is 1.12. The standard InChI is InChI=1S/C10H11F3N2O2S/c1-18-9-14-4-5(10(11,12)13)8(15-9)17-7-3-2-6(7)16/h4,6-7,16H,2-3H2,1H3/t6-,7+/m1/s1. The van der Waals surface area contributed by atoms with Crippen molar-refractivity contribution >= 4 is 11.8 Å². The molecule has 0 spiro atoms. The van der Waals surface area contributed by atoms with Crippen LogP contribution in [0, 0.1) is 0 Å². The van der Waals surface area contributed by atoms with Crippen molar-refractivity contribution in [3.8, 4) is 5.88 Å². The van der Waals surface area contributed by atoms with Crippen LogP contribution in [0.4, 0.5) is 13.2 Å². The first-order valence-corrected chi connectivity index (χ1v) is 6.47. The van der Waals surface area contributed by atoms with E-state index in [0.717, 1.165) is 11.8 Å². The number of aliphatic hydroxyl groups excluding tert-OH is 1. The van der Waals surface area contributed by atoms with E-state index in [4.69, 9.17) is 4.74 Å². The zero-order valence-electron chi connectivity index (χ0n) is 9.44. The van der Waals surface area contributed by atoms with Crippen LogP contribution >= 0.6 is 11.8 Å². The number of aromatic nitrogens is 2. The highest BCUT2D eigenvalue weighted by Crippen LogP contribution is 2.37. The molecule has 0 saturated heterocycles. The van der Waals surface area contributed by atoms with Gasteiger partial charge >= 0.3 is 6.18 Å². The monoisotopic (exact) mass is 280 g/mol. The zero-order valence-corrected chi connectivity index (χ0v) is 10.3. The van der Waals surface area contributed by atoms with Gasteiger partial charge in [-0.05, 0) is 19.1 Å². The molecule has 0 aromatic carbocycles. The Kier molecular flexibility index (Phi) is 3.67. The van der Waals surface area contributed by atoms with Crippen molar-refractivity contribution < 1.29 is 23.0 Å². The topological polar surface area (TPSA) is 55.2 Å². The zero-order chi connectivity index (χ0) is 13.3. The second kappa shape index (κ2) is 4.93. The van der Waals surface area contributed by atoms with Crippen LogP contribution in [0.2, 0.25) is 0 Å². The lowest BCUT2D eigenvalue weighted by Gasteiger charge is -2.32. The minimum Gasteiger partial charge on any atom is -0.471 e. The summed E-state index contributed by atoms with van der Waals surface area (Å²) in [5.41, 5.74) is -1.01. The van der Waals surface area contributed by atoms with Gasteiger partial charge in [0.2, 0.25) is 5.88 Å². The van der Waals surface area contributed by atoms with Crippen LogP contribution in [0.15, 0.2) is 11.4 Å². The lowest BCUT2D eigenvalue weighted by atomic mass is 9.92. The molecule has 1 N–H and O–H groups in total. The Bertz CT molecular complexity index is 442. The molecule has 2 atom stereocenters. The molecule has 1 saturated carbocycles. The fraction of sp³-hybridized carbons (Fsp3) is 0.600. The van der Waals surface area contributed by atoms with E-state index in [1.165, 1.54) is 0 Å². The van der Waals surface area contributed by atoms with Crippen molar-refractivity contribution in [2.75, 3.05) is 6.26 Å². The summed E-state index contributed by atoms with van der Waals surface area (Å²) in [6, 6.07) is 0. The normalized spacial score (nSPS) is 23.6. The maximum Gasteiger partial charge on any atom is 0.423 e. The van der Waals surface area contributed by atoms with E-state index in [0.29, 0.717) is 19.0 Å². The van der Waals surface area contributed by atoms with Crippen LogP contribution in [0.25, 0.3) is 0 Å². The predicted octanol–water partition coefficient (Wildman–Crippen LogP) is 2.12. The second-order valence-corrected chi connectivity index (χ2v) is 4.65. The molecular formula is C10H11F3N2O2S. The average molecular weight is 280 g/mol. The lowest BCUT2D eigenvalue weighted by Crippen LogP contribution is -2.41. The van der Waals surface area contributed by atoms with Gasteiger partial charge in [0, 0.05) is 6.20 Å². The highest BCUT2D eigenvalue weighted by atomic mass is 32.2. The molecule has 18 heavy (non-hydrogen) atoms. The van der Waals surface area contributed by atoms with Gasteiger partial charge in [-0.15, -0.1) is 0 Å². The van der Waals surface area contributed by atoms with Crippen LogP contribution in [-0.4, -0.2) is 33.5 Å². The fourth-order valence-corrected chi connectivity index (χ4v) is 1.80. The van der Waals surface area contributed by atoms with Gasteiger partial charge in [0.05, 0.1) is 6.10 Å². The van der Waals surface area contributed by atoms with Gasteiger partial charge < -0.3 is 9.84 Å². The summed E-state index contributed by atoms with van der Waals surface area (Å²) < 4.78 is 43.3. The van der Waals surface area contributed by atoms with Crippen molar-refractivity contribution in [1.82, 2.24) is 9.97 Å². The molecule has 0 aliphatic heterocycles. The Morgan fingerprint density at radius 3 is 2.61 bits per heavy atom. The molecule has 2 rings (SSSR count). The Labute approximate surface area is 106 Å². The number of aliphatic hydroxyl groups is 1. The molecule has 4 nitrogen and oxygen atoms in total. The quantitative estimate of drug-likeness (QED) is 0.679. The number of thioether (sulfide) groups is 1. The van der Waals surface area contributed by atoms with Crippen LogP contribution in [0.3, 0.4) is 0 Å². The molecule has 1 aromatic heterocycles. The number of hydrogen-bond donors (Lipinski definition) is 1. The first kappa shape index (κ1) is 13.4. The fourth-order valence-electron chi connectivity index (χ4n) is 1.47. The number of nitrogens with zero attached hydrogens (tertiary/aromatic N) is 2. The minimum atomic E-state index is -4.57.